The van der Waals surface area contributed by atoms with Gasteiger partial charge in [0.05, 0.1) is 23.7 Å². The Morgan fingerprint density at radius 2 is 2.08 bits per heavy atom. The molecule has 3 aromatic heterocycles. The van der Waals surface area contributed by atoms with Crippen molar-refractivity contribution < 1.29 is 0 Å². The van der Waals surface area contributed by atoms with Crippen molar-refractivity contribution in [1.82, 2.24) is 9.61 Å². The smallest absolute Gasteiger partial charge is 0.0823 e. The van der Waals surface area contributed by atoms with Crippen molar-refractivity contribution in [3.8, 4) is 16.5 Å². The normalized spacial score (nSPS) is 17.3. The Kier molecular flexibility index (Phi) is 3.62. The minimum atomic E-state index is 0.158. The summed E-state index contributed by atoms with van der Waals surface area (Å²) in [6, 6.07) is 17.4. The van der Waals surface area contributed by atoms with Crippen LogP contribution in [-0.2, 0) is 0 Å². The Labute approximate surface area is 155 Å². The van der Waals surface area contributed by atoms with Gasteiger partial charge in [-0.3, -0.25) is 0 Å². The van der Waals surface area contributed by atoms with Crippen LogP contribution in [0, 0.1) is 17.2 Å². The topological polar surface area (TPSA) is 41.1 Å². The van der Waals surface area contributed by atoms with Crippen LogP contribution in [0.2, 0.25) is 0 Å². The van der Waals surface area contributed by atoms with E-state index in [0.717, 1.165) is 19.3 Å². The molecule has 0 saturated carbocycles. The molecule has 0 aliphatic heterocycles. The lowest BCUT2D eigenvalue weighted by atomic mass is 9.87. The lowest BCUT2D eigenvalue weighted by molar-refractivity contribution is 0.604. The molecule has 0 saturated heterocycles. The van der Waals surface area contributed by atoms with Gasteiger partial charge >= 0.3 is 0 Å². The van der Waals surface area contributed by atoms with Gasteiger partial charge < -0.3 is 0 Å². The monoisotopic (exact) mass is 355 g/mol. The summed E-state index contributed by atoms with van der Waals surface area (Å²) in [4.78, 5) is 1.25. The first-order chi connectivity index (χ1) is 12.8. The summed E-state index contributed by atoms with van der Waals surface area (Å²) in [5, 5.41) is 15.0. The largest absolute Gasteiger partial charge is 0.240 e. The molecule has 1 unspecified atom stereocenters. The number of hydrogen-bond donors (Lipinski definition) is 0. The Hall–Kier alpha value is -2.90. The molecule has 5 rings (SSSR count). The number of pyridine rings is 1. The average Bonchev–Trinajstić information content (AvgIpc) is 3.31. The van der Waals surface area contributed by atoms with Crippen LogP contribution in [-0.4, -0.2) is 9.61 Å². The molecule has 0 N–H and O–H groups in total. The summed E-state index contributed by atoms with van der Waals surface area (Å²) in [6.45, 7) is 0. The minimum absolute atomic E-state index is 0.158. The van der Waals surface area contributed by atoms with Crippen molar-refractivity contribution in [2.45, 2.75) is 19.3 Å². The van der Waals surface area contributed by atoms with Crippen LogP contribution < -0.4 is 0 Å². The molecule has 4 aromatic rings. The van der Waals surface area contributed by atoms with Gasteiger partial charge in [-0.05, 0) is 48.4 Å². The van der Waals surface area contributed by atoms with E-state index in [0.29, 0.717) is 0 Å². The first kappa shape index (κ1) is 15.4. The third-order valence-electron chi connectivity index (χ3n) is 5.17. The molecule has 3 heterocycles. The molecule has 0 radical (unpaired) electrons. The molecule has 126 valence electrons. The highest BCUT2D eigenvalue weighted by Gasteiger charge is 2.19. The summed E-state index contributed by atoms with van der Waals surface area (Å²) < 4.78 is 3.28. The van der Waals surface area contributed by atoms with Gasteiger partial charge in [-0.1, -0.05) is 30.3 Å². The number of aromatic nitrogens is 2. The van der Waals surface area contributed by atoms with Crippen molar-refractivity contribution in [3.63, 3.8) is 0 Å². The van der Waals surface area contributed by atoms with E-state index in [1.807, 2.05) is 28.2 Å². The number of benzene rings is 1. The molecule has 0 bridgehead atoms. The number of hydrogen-bond acceptors (Lipinski definition) is 3. The van der Waals surface area contributed by atoms with Crippen molar-refractivity contribution in [2.75, 3.05) is 0 Å². The SMILES string of the molecule is N#CC1CC=C(c2cccn3ncc(-c4cc5ccccc5s4)c23)CC1. The molecule has 3 nitrogen and oxygen atoms in total. The number of nitriles is 1. The van der Waals surface area contributed by atoms with E-state index in [9.17, 15) is 0 Å². The van der Waals surface area contributed by atoms with Crippen LogP contribution in [0.5, 0.6) is 0 Å². The fourth-order valence-corrected chi connectivity index (χ4v) is 4.87. The molecule has 0 fully saturated rings. The number of thiophene rings is 1. The minimum Gasteiger partial charge on any atom is -0.240 e. The fourth-order valence-electron chi connectivity index (χ4n) is 3.79. The van der Waals surface area contributed by atoms with Gasteiger partial charge in [0.25, 0.3) is 0 Å². The van der Waals surface area contributed by atoms with Crippen LogP contribution in [0.15, 0.2) is 60.9 Å². The first-order valence-electron chi connectivity index (χ1n) is 8.88. The van der Waals surface area contributed by atoms with E-state index in [1.165, 1.54) is 37.2 Å². The van der Waals surface area contributed by atoms with Gasteiger partial charge in [0.15, 0.2) is 0 Å². The second-order valence-electron chi connectivity index (χ2n) is 6.75. The number of fused-ring (bicyclic) bond motifs is 2. The molecule has 1 atom stereocenters. The lowest BCUT2D eigenvalue weighted by Gasteiger charge is -2.18. The van der Waals surface area contributed by atoms with Gasteiger partial charge in [-0.15, -0.1) is 11.3 Å². The molecule has 26 heavy (non-hydrogen) atoms. The Bertz CT molecular complexity index is 1160. The van der Waals surface area contributed by atoms with Crippen molar-refractivity contribution in [2.24, 2.45) is 5.92 Å². The maximum Gasteiger partial charge on any atom is 0.0823 e. The summed E-state index contributed by atoms with van der Waals surface area (Å²) in [6.07, 6.45) is 8.97. The maximum absolute atomic E-state index is 9.16. The number of nitrogens with zero attached hydrogens (tertiary/aromatic N) is 3. The second-order valence-corrected chi connectivity index (χ2v) is 7.84. The molecule has 1 aliphatic carbocycles. The maximum atomic E-state index is 9.16. The fraction of sp³-hybridized carbons (Fsp3) is 0.182. The third-order valence-corrected chi connectivity index (χ3v) is 6.32. The molecule has 0 spiro atoms. The van der Waals surface area contributed by atoms with E-state index < -0.39 is 0 Å². The third kappa shape index (κ3) is 2.44. The highest BCUT2D eigenvalue weighted by molar-refractivity contribution is 7.22. The van der Waals surface area contributed by atoms with Crippen LogP contribution in [0.25, 0.3) is 31.6 Å². The lowest BCUT2D eigenvalue weighted by Crippen LogP contribution is -2.03. The van der Waals surface area contributed by atoms with Crippen LogP contribution in [0.1, 0.15) is 24.8 Å². The van der Waals surface area contributed by atoms with E-state index in [-0.39, 0.29) is 5.92 Å². The number of rotatable bonds is 2. The van der Waals surface area contributed by atoms with Crippen molar-refractivity contribution in [3.05, 3.63) is 66.5 Å². The van der Waals surface area contributed by atoms with Crippen LogP contribution in [0.4, 0.5) is 0 Å². The van der Waals surface area contributed by atoms with E-state index >= 15 is 0 Å². The van der Waals surface area contributed by atoms with Gasteiger partial charge in [0.2, 0.25) is 0 Å². The van der Waals surface area contributed by atoms with Gasteiger partial charge in [0, 0.05) is 26.9 Å². The average molecular weight is 355 g/mol. The molecule has 1 aliphatic rings. The van der Waals surface area contributed by atoms with E-state index in [4.69, 9.17) is 5.26 Å². The quantitative estimate of drug-likeness (QED) is 0.447. The summed E-state index contributed by atoms with van der Waals surface area (Å²) in [5.41, 5.74) is 4.93. The van der Waals surface area contributed by atoms with Crippen LogP contribution in [0.3, 0.4) is 0 Å². The van der Waals surface area contributed by atoms with E-state index in [1.54, 1.807) is 0 Å². The van der Waals surface area contributed by atoms with Gasteiger partial charge in [-0.2, -0.15) is 10.4 Å². The Morgan fingerprint density at radius 1 is 1.15 bits per heavy atom. The summed E-state index contributed by atoms with van der Waals surface area (Å²) in [5.74, 6) is 0.158. The summed E-state index contributed by atoms with van der Waals surface area (Å²) in [7, 11) is 0. The molecular weight excluding hydrogens is 338 g/mol. The standard InChI is InChI=1S/C22H17N3S/c23-13-15-7-9-16(10-8-15)18-5-3-11-25-22(18)19(14-24-25)21-12-17-4-1-2-6-20(17)26-21/h1-6,9,11-12,14-15H,7-8,10H2. The molecular formula is C22H17N3S. The van der Waals surface area contributed by atoms with Gasteiger partial charge in [0.1, 0.15) is 0 Å². The molecule has 4 heteroatoms. The van der Waals surface area contributed by atoms with Crippen LogP contribution >= 0.6 is 11.3 Å². The predicted octanol–water partition coefficient (Wildman–Crippen LogP) is 5.92. The number of allylic oxidation sites excluding steroid dienone is 2. The zero-order valence-corrected chi connectivity index (χ0v) is 15.0. The Balaban J connectivity index is 1.68. The second kappa shape index (κ2) is 6.12. The van der Waals surface area contributed by atoms with Crippen molar-refractivity contribution >= 4 is 32.5 Å². The Morgan fingerprint density at radius 3 is 2.88 bits per heavy atom. The van der Waals surface area contributed by atoms with Crippen molar-refractivity contribution in [1.29, 1.82) is 5.26 Å². The highest BCUT2D eigenvalue weighted by atomic mass is 32.1. The molecule has 1 aromatic carbocycles. The first-order valence-corrected chi connectivity index (χ1v) is 9.69. The zero-order valence-electron chi connectivity index (χ0n) is 14.2. The predicted molar refractivity (Wildman–Crippen MR) is 107 cm³/mol. The molecule has 0 amide bonds. The van der Waals surface area contributed by atoms with Gasteiger partial charge in [-0.25, -0.2) is 4.52 Å². The zero-order chi connectivity index (χ0) is 17.5. The highest BCUT2D eigenvalue weighted by Crippen LogP contribution is 2.39. The summed E-state index contributed by atoms with van der Waals surface area (Å²) >= 11 is 1.81. The van der Waals surface area contributed by atoms with E-state index in [2.05, 4.69) is 59.7 Å².